The van der Waals surface area contributed by atoms with Gasteiger partial charge >= 0.3 is 0 Å². The van der Waals surface area contributed by atoms with Crippen molar-refractivity contribution in [1.29, 1.82) is 0 Å². The van der Waals surface area contributed by atoms with E-state index in [-0.39, 0.29) is 0 Å². The first kappa shape index (κ1) is 13.4. The van der Waals surface area contributed by atoms with Crippen molar-refractivity contribution in [3.63, 3.8) is 0 Å². The minimum absolute atomic E-state index is 0.401. The predicted molar refractivity (Wildman–Crippen MR) is 78.4 cm³/mol. The lowest BCUT2D eigenvalue weighted by atomic mass is 9.93. The molecule has 4 heteroatoms. The van der Waals surface area contributed by atoms with Crippen LogP contribution < -0.4 is 5.32 Å². The van der Waals surface area contributed by atoms with Crippen LogP contribution in [0.3, 0.4) is 0 Å². The zero-order valence-electron chi connectivity index (χ0n) is 11.7. The van der Waals surface area contributed by atoms with E-state index in [0.717, 1.165) is 11.3 Å². The van der Waals surface area contributed by atoms with Crippen LogP contribution in [0.4, 0.5) is 0 Å². The number of hydrogen-bond acceptors (Lipinski definition) is 4. The molecule has 0 saturated carbocycles. The zero-order valence-corrected chi connectivity index (χ0v) is 12.6. The van der Waals surface area contributed by atoms with E-state index < -0.39 is 0 Å². The number of likely N-dealkylation sites (N-methyl/N-ethyl adjacent to an activating group) is 1. The van der Waals surface area contributed by atoms with Crippen LogP contribution in [-0.4, -0.2) is 23.1 Å². The van der Waals surface area contributed by atoms with Gasteiger partial charge in [0.1, 0.15) is 11.2 Å². The quantitative estimate of drug-likeness (QED) is 0.918. The molecule has 2 aromatic rings. The molecular formula is C14H21N3S. The highest BCUT2D eigenvalue weighted by atomic mass is 32.1. The SMILES string of the molecule is CCC(NC)C(C)c1ncnc2sc(C)c(C)c12. The minimum atomic E-state index is 0.401. The third-order valence-corrected chi connectivity index (χ3v) is 4.96. The predicted octanol–water partition coefficient (Wildman–Crippen LogP) is 3.41. The van der Waals surface area contributed by atoms with Crippen molar-refractivity contribution in [2.75, 3.05) is 7.05 Å². The van der Waals surface area contributed by atoms with Gasteiger partial charge in [-0.05, 0) is 32.9 Å². The normalized spacial score (nSPS) is 14.9. The lowest BCUT2D eigenvalue weighted by molar-refractivity contribution is 0.467. The molecule has 0 amide bonds. The average molecular weight is 263 g/mol. The maximum Gasteiger partial charge on any atom is 0.127 e. The van der Waals surface area contributed by atoms with Gasteiger partial charge in [-0.3, -0.25) is 0 Å². The number of rotatable bonds is 4. The van der Waals surface area contributed by atoms with E-state index in [1.165, 1.54) is 21.5 Å². The summed E-state index contributed by atoms with van der Waals surface area (Å²) in [4.78, 5) is 11.4. The standard InChI is InChI=1S/C14H21N3S/c1-6-11(15-5)9(3)13-12-8(2)10(4)18-14(12)17-7-16-13/h7,9,11,15H,6H2,1-5H3. The van der Waals surface area contributed by atoms with Crippen molar-refractivity contribution in [2.24, 2.45) is 0 Å². The number of hydrogen-bond donors (Lipinski definition) is 1. The van der Waals surface area contributed by atoms with Gasteiger partial charge in [0.25, 0.3) is 0 Å². The van der Waals surface area contributed by atoms with Gasteiger partial charge < -0.3 is 5.32 Å². The second-order valence-corrected chi connectivity index (χ2v) is 6.02. The summed E-state index contributed by atoms with van der Waals surface area (Å²) in [7, 11) is 2.02. The highest BCUT2D eigenvalue weighted by Crippen LogP contribution is 2.34. The Balaban J connectivity index is 2.56. The smallest absolute Gasteiger partial charge is 0.127 e. The van der Waals surface area contributed by atoms with Gasteiger partial charge in [0, 0.05) is 22.2 Å². The lowest BCUT2D eigenvalue weighted by Crippen LogP contribution is -2.30. The number of nitrogens with one attached hydrogen (secondary N) is 1. The molecule has 2 aromatic heterocycles. The number of thiophene rings is 1. The molecule has 0 aliphatic rings. The minimum Gasteiger partial charge on any atom is -0.316 e. The van der Waals surface area contributed by atoms with Crippen molar-refractivity contribution in [3.05, 3.63) is 22.5 Å². The van der Waals surface area contributed by atoms with Crippen molar-refractivity contribution in [1.82, 2.24) is 15.3 Å². The molecule has 1 N–H and O–H groups in total. The summed E-state index contributed by atoms with van der Waals surface area (Å²) >= 11 is 1.77. The molecule has 2 heterocycles. The largest absolute Gasteiger partial charge is 0.316 e. The van der Waals surface area contributed by atoms with Crippen molar-refractivity contribution in [3.8, 4) is 0 Å². The second-order valence-electron chi connectivity index (χ2n) is 4.81. The molecule has 2 unspecified atom stereocenters. The van der Waals surface area contributed by atoms with E-state index in [1.807, 2.05) is 7.05 Å². The Kier molecular flexibility index (Phi) is 3.97. The van der Waals surface area contributed by atoms with Crippen molar-refractivity contribution < 1.29 is 0 Å². The fraction of sp³-hybridized carbons (Fsp3) is 0.571. The Morgan fingerprint density at radius 1 is 1.33 bits per heavy atom. The van der Waals surface area contributed by atoms with Gasteiger partial charge in [-0.25, -0.2) is 9.97 Å². The molecule has 0 radical (unpaired) electrons. The number of aryl methyl sites for hydroxylation is 2. The summed E-state index contributed by atoms with van der Waals surface area (Å²) in [6.07, 6.45) is 2.80. The molecule has 2 atom stereocenters. The fourth-order valence-electron chi connectivity index (χ4n) is 2.55. The Morgan fingerprint density at radius 3 is 2.67 bits per heavy atom. The van der Waals surface area contributed by atoms with Crippen LogP contribution in [0.5, 0.6) is 0 Å². The van der Waals surface area contributed by atoms with Gasteiger partial charge in [-0.2, -0.15) is 0 Å². The molecule has 0 aliphatic heterocycles. The Morgan fingerprint density at radius 2 is 2.06 bits per heavy atom. The Labute approximate surface area is 113 Å². The van der Waals surface area contributed by atoms with Crippen LogP contribution in [0, 0.1) is 13.8 Å². The van der Waals surface area contributed by atoms with E-state index in [2.05, 4.69) is 43.0 Å². The number of fused-ring (bicyclic) bond motifs is 1. The van der Waals surface area contributed by atoms with Gasteiger partial charge in [-0.15, -0.1) is 11.3 Å². The monoisotopic (exact) mass is 263 g/mol. The molecule has 0 spiro atoms. The first-order valence-electron chi connectivity index (χ1n) is 6.48. The van der Waals surface area contributed by atoms with E-state index in [9.17, 15) is 0 Å². The number of aromatic nitrogens is 2. The summed E-state index contributed by atoms with van der Waals surface area (Å²) in [5.74, 6) is 0.401. The topological polar surface area (TPSA) is 37.8 Å². The fourth-order valence-corrected chi connectivity index (χ4v) is 3.56. The molecule has 2 rings (SSSR count). The van der Waals surface area contributed by atoms with Crippen LogP contribution in [0.15, 0.2) is 6.33 Å². The highest BCUT2D eigenvalue weighted by Gasteiger charge is 2.21. The van der Waals surface area contributed by atoms with Crippen molar-refractivity contribution in [2.45, 2.75) is 46.1 Å². The van der Waals surface area contributed by atoms with Gasteiger partial charge in [0.2, 0.25) is 0 Å². The molecule has 0 bridgehead atoms. The summed E-state index contributed by atoms with van der Waals surface area (Å²) in [5, 5.41) is 4.65. The Bertz CT molecular complexity index is 543. The molecule has 0 aliphatic carbocycles. The lowest BCUT2D eigenvalue weighted by Gasteiger charge is -2.22. The molecular weight excluding hydrogens is 242 g/mol. The first-order chi connectivity index (χ1) is 8.60. The van der Waals surface area contributed by atoms with Gasteiger partial charge in [0.15, 0.2) is 0 Å². The van der Waals surface area contributed by atoms with Crippen LogP contribution >= 0.6 is 11.3 Å². The van der Waals surface area contributed by atoms with Crippen LogP contribution in [-0.2, 0) is 0 Å². The zero-order chi connectivity index (χ0) is 13.3. The van der Waals surface area contributed by atoms with E-state index in [0.29, 0.717) is 12.0 Å². The summed E-state index contributed by atoms with van der Waals surface area (Å²) in [6.45, 7) is 8.79. The summed E-state index contributed by atoms with van der Waals surface area (Å²) < 4.78 is 0. The van der Waals surface area contributed by atoms with E-state index in [1.54, 1.807) is 17.7 Å². The molecule has 3 nitrogen and oxygen atoms in total. The maximum atomic E-state index is 4.55. The Hall–Kier alpha value is -1.00. The van der Waals surface area contributed by atoms with Gasteiger partial charge in [0.05, 0.1) is 5.69 Å². The van der Waals surface area contributed by atoms with Crippen LogP contribution in [0.1, 0.15) is 42.3 Å². The van der Waals surface area contributed by atoms with Gasteiger partial charge in [-0.1, -0.05) is 13.8 Å². The van der Waals surface area contributed by atoms with E-state index in [4.69, 9.17) is 0 Å². The first-order valence-corrected chi connectivity index (χ1v) is 7.29. The summed E-state index contributed by atoms with van der Waals surface area (Å²) in [6, 6.07) is 0.461. The average Bonchev–Trinajstić information content (AvgIpc) is 2.66. The summed E-state index contributed by atoms with van der Waals surface area (Å²) in [5.41, 5.74) is 2.52. The molecule has 18 heavy (non-hydrogen) atoms. The molecule has 0 fully saturated rings. The van der Waals surface area contributed by atoms with Crippen LogP contribution in [0.25, 0.3) is 10.2 Å². The molecule has 0 saturated heterocycles. The third kappa shape index (κ3) is 2.15. The second kappa shape index (κ2) is 5.33. The number of nitrogens with zero attached hydrogens (tertiary/aromatic N) is 2. The van der Waals surface area contributed by atoms with Crippen molar-refractivity contribution >= 4 is 21.6 Å². The third-order valence-electron chi connectivity index (χ3n) is 3.84. The maximum absolute atomic E-state index is 4.55. The molecule has 98 valence electrons. The van der Waals surface area contributed by atoms with E-state index >= 15 is 0 Å². The highest BCUT2D eigenvalue weighted by molar-refractivity contribution is 7.18. The molecule has 0 aromatic carbocycles. The van der Waals surface area contributed by atoms with Crippen LogP contribution in [0.2, 0.25) is 0 Å².